The molecule has 0 aliphatic carbocycles. The number of hydrogen-bond donors (Lipinski definition) is 1. The number of rotatable bonds is 2. The van der Waals surface area contributed by atoms with Crippen LogP contribution in [0, 0.1) is 11.7 Å². The average molecular weight is 322 g/mol. The van der Waals surface area contributed by atoms with E-state index in [1.165, 1.54) is 6.07 Å². The lowest BCUT2D eigenvalue weighted by Crippen LogP contribution is -2.21. The van der Waals surface area contributed by atoms with Crippen LogP contribution in [0.1, 0.15) is 18.0 Å². The maximum absolute atomic E-state index is 13.9. The molecule has 2 N–H and O–H groups in total. The average Bonchev–Trinajstić information content (AvgIpc) is 2.66. The molecule has 94 valence electrons. The molecule has 0 spiro atoms. The highest BCUT2D eigenvalue weighted by Gasteiger charge is 2.33. The highest BCUT2D eigenvalue weighted by atomic mass is 79.9. The van der Waals surface area contributed by atoms with Gasteiger partial charge >= 0.3 is 0 Å². The van der Waals surface area contributed by atoms with Gasteiger partial charge in [-0.2, -0.15) is 0 Å². The van der Waals surface area contributed by atoms with Crippen molar-refractivity contribution in [3.63, 3.8) is 0 Å². The molecule has 2 rings (SSSR count). The van der Waals surface area contributed by atoms with E-state index in [1.807, 2.05) is 7.05 Å². The second kappa shape index (κ2) is 5.22. The van der Waals surface area contributed by atoms with E-state index in [0.29, 0.717) is 27.5 Å². The first-order valence-electron chi connectivity index (χ1n) is 5.58. The predicted octanol–water partition coefficient (Wildman–Crippen LogP) is 3.19. The summed E-state index contributed by atoms with van der Waals surface area (Å²) in [7, 11) is 1.99. The molecule has 2 nitrogen and oxygen atoms in total. The Kier molecular flexibility index (Phi) is 4.08. The van der Waals surface area contributed by atoms with Gasteiger partial charge in [0.1, 0.15) is 5.82 Å². The van der Waals surface area contributed by atoms with Gasteiger partial charge in [-0.05, 0) is 54.0 Å². The van der Waals surface area contributed by atoms with E-state index in [-0.39, 0.29) is 11.9 Å². The van der Waals surface area contributed by atoms with Crippen molar-refractivity contribution < 1.29 is 4.39 Å². The molecule has 1 heterocycles. The molecule has 0 amide bonds. The molecule has 1 aliphatic heterocycles. The van der Waals surface area contributed by atoms with Gasteiger partial charge in [-0.25, -0.2) is 4.39 Å². The summed E-state index contributed by atoms with van der Waals surface area (Å²) in [6.45, 7) is 1.54. The summed E-state index contributed by atoms with van der Waals surface area (Å²) in [6, 6.07) is 3.04. The second-order valence-corrected chi connectivity index (χ2v) is 5.75. The highest BCUT2D eigenvalue weighted by Crippen LogP contribution is 2.40. The molecule has 0 saturated carbocycles. The highest BCUT2D eigenvalue weighted by molar-refractivity contribution is 9.10. The molecule has 2 unspecified atom stereocenters. The van der Waals surface area contributed by atoms with Crippen molar-refractivity contribution in [3.8, 4) is 0 Å². The molecule has 1 saturated heterocycles. The Bertz CT molecular complexity index is 427. The van der Waals surface area contributed by atoms with E-state index in [4.69, 9.17) is 17.3 Å². The van der Waals surface area contributed by atoms with Crippen LogP contribution in [-0.4, -0.2) is 25.0 Å². The van der Waals surface area contributed by atoms with Crippen LogP contribution in [-0.2, 0) is 0 Å². The van der Waals surface area contributed by atoms with Crippen molar-refractivity contribution in [1.82, 2.24) is 4.90 Å². The van der Waals surface area contributed by atoms with E-state index >= 15 is 0 Å². The van der Waals surface area contributed by atoms with Crippen molar-refractivity contribution in [2.24, 2.45) is 11.7 Å². The summed E-state index contributed by atoms with van der Waals surface area (Å²) in [5.74, 6) is 0.214. The molecule has 5 heteroatoms. The zero-order chi connectivity index (χ0) is 12.6. The fraction of sp³-hybridized carbons (Fsp3) is 0.500. The Morgan fingerprint density at radius 1 is 1.59 bits per heavy atom. The lowest BCUT2D eigenvalue weighted by molar-refractivity contribution is 0.306. The number of hydrogen-bond acceptors (Lipinski definition) is 2. The zero-order valence-electron chi connectivity index (χ0n) is 9.59. The summed E-state index contributed by atoms with van der Waals surface area (Å²) < 4.78 is 14.6. The van der Waals surface area contributed by atoms with Crippen molar-refractivity contribution in [2.75, 3.05) is 20.1 Å². The standard InChI is InChI=1S/C12H15BrClFN2/c1-17-6-7(5-16)4-10(17)11-9(15)3-2-8(14)12(11)13/h2-3,7,10H,4-6,16H2,1H3. The van der Waals surface area contributed by atoms with Gasteiger partial charge in [0.25, 0.3) is 0 Å². The molecule has 1 aromatic rings. The van der Waals surface area contributed by atoms with Gasteiger partial charge in [-0.3, -0.25) is 4.90 Å². The molecule has 1 aliphatic rings. The Morgan fingerprint density at radius 3 is 2.88 bits per heavy atom. The summed E-state index contributed by atoms with van der Waals surface area (Å²) in [5, 5.41) is 0.547. The molecule has 2 atom stereocenters. The third-order valence-corrected chi connectivity index (χ3v) is 4.78. The summed E-state index contributed by atoms with van der Waals surface area (Å²) >= 11 is 9.41. The number of nitrogens with two attached hydrogens (primary N) is 1. The minimum atomic E-state index is -0.212. The molecule has 0 bridgehead atoms. The maximum Gasteiger partial charge on any atom is 0.129 e. The van der Waals surface area contributed by atoms with Crippen molar-refractivity contribution in [3.05, 3.63) is 33.0 Å². The molecule has 17 heavy (non-hydrogen) atoms. The molecule has 1 aromatic carbocycles. The monoisotopic (exact) mass is 320 g/mol. The van der Waals surface area contributed by atoms with Gasteiger partial charge in [0, 0.05) is 22.6 Å². The number of benzene rings is 1. The lowest BCUT2D eigenvalue weighted by Gasteiger charge is -2.21. The third kappa shape index (κ3) is 2.50. The van der Waals surface area contributed by atoms with Gasteiger partial charge < -0.3 is 5.73 Å². The fourth-order valence-corrected chi connectivity index (χ4v) is 3.21. The molecular formula is C12H15BrClFN2. The van der Waals surface area contributed by atoms with Crippen LogP contribution < -0.4 is 5.73 Å². The van der Waals surface area contributed by atoms with Gasteiger partial charge in [0.05, 0.1) is 5.02 Å². The maximum atomic E-state index is 13.9. The normalized spacial score (nSPS) is 25.5. The number of nitrogens with zero attached hydrogens (tertiary/aromatic N) is 1. The Balaban J connectivity index is 2.37. The largest absolute Gasteiger partial charge is 0.330 e. The Morgan fingerprint density at radius 2 is 2.29 bits per heavy atom. The topological polar surface area (TPSA) is 29.3 Å². The van der Waals surface area contributed by atoms with Crippen LogP contribution in [0.15, 0.2) is 16.6 Å². The van der Waals surface area contributed by atoms with Crippen LogP contribution in [0.2, 0.25) is 5.02 Å². The summed E-state index contributed by atoms with van der Waals surface area (Å²) in [5.41, 5.74) is 6.33. The fourth-order valence-electron chi connectivity index (χ4n) is 2.46. The second-order valence-electron chi connectivity index (χ2n) is 4.55. The van der Waals surface area contributed by atoms with Crippen molar-refractivity contribution >= 4 is 27.5 Å². The van der Waals surface area contributed by atoms with Crippen LogP contribution in [0.5, 0.6) is 0 Å². The Labute approximate surface area is 114 Å². The van der Waals surface area contributed by atoms with Crippen LogP contribution in [0.4, 0.5) is 4.39 Å². The van der Waals surface area contributed by atoms with E-state index in [2.05, 4.69) is 20.8 Å². The first-order valence-corrected chi connectivity index (χ1v) is 6.75. The molecule has 1 fully saturated rings. The number of likely N-dealkylation sites (tertiary alicyclic amines) is 1. The van der Waals surface area contributed by atoms with E-state index in [1.54, 1.807) is 6.07 Å². The van der Waals surface area contributed by atoms with E-state index in [9.17, 15) is 4.39 Å². The molecule has 0 radical (unpaired) electrons. The Hall–Kier alpha value is -0.160. The molecule has 0 aromatic heterocycles. The quantitative estimate of drug-likeness (QED) is 0.848. The first kappa shape index (κ1) is 13.3. The predicted molar refractivity (Wildman–Crippen MR) is 71.6 cm³/mol. The SMILES string of the molecule is CN1CC(CN)CC1c1c(F)ccc(Cl)c1Br. The van der Waals surface area contributed by atoms with E-state index in [0.717, 1.165) is 13.0 Å². The van der Waals surface area contributed by atoms with Crippen molar-refractivity contribution in [1.29, 1.82) is 0 Å². The zero-order valence-corrected chi connectivity index (χ0v) is 11.9. The van der Waals surface area contributed by atoms with E-state index < -0.39 is 0 Å². The van der Waals surface area contributed by atoms with Gasteiger partial charge in [-0.15, -0.1) is 0 Å². The minimum Gasteiger partial charge on any atom is -0.330 e. The smallest absolute Gasteiger partial charge is 0.129 e. The van der Waals surface area contributed by atoms with Crippen LogP contribution >= 0.6 is 27.5 Å². The first-order chi connectivity index (χ1) is 8.04. The van der Waals surface area contributed by atoms with Crippen molar-refractivity contribution in [2.45, 2.75) is 12.5 Å². The van der Waals surface area contributed by atoms with Crippen LogP contribution in [0.25, 0.3) is 0 Å². The third-order valence-electron chi connectivity index (χ3n) is 3.38. The minimum absolute atomic E-state index is 0.0524. The number of halogens is 3. The summed E-state index contributed by atoms with van der Waals surface area (Å²) in [4.78, 5) is 2.14. The van der Waals surface area contributed by atoms with Gasteiger partial charge in [0.2, 0.25) is 0 Å². The molecular weight excluding hydrogens is 307 g/mol. The van der Waals surface area contributed by atoms with Crippen LogP contribution in [0.3, 0.4) is 0 Å². The van der Waals surface area contributed by atoms with Gasteiger partial charge in [-0.1, -0.05) is 11.6 Å². The summed E-state index contributed by atoms with van der Waals surface area (Å²) in [6.07, 6.45) is 0.878. The van der Waals surface area contributed by atoms with Gasteiger partial charge in [0.15, 0.2) is 0 Å². The lowest BCUT2D eigenvalue weighted by atomic mass is 9.99.